The van der Waals surface area contributed by atoms with Crippen molar-refractivity contribution in [3.8, 4) is 0 Å². The highest BCUT2D eigenvalue weighted by molar-refractivity contribution is 5.76. The molecule has 0 spiro atoms. The molecule has 2 aliphatic rings. The number of ether oxygens (including phenoxy) is 1. The van der Waals surface area contributed by atoms with Crippen molar-refractivity contribution in [2.75, 3.05) is 32.8 Å². The van der Waals surface area contributed by atoms with Gasteiger partial charge >= 0.3 is 0 Å². The zero-order valence-corrected chi connectivity index (χ0v) is 10.8. The molecule has 2 rings (SSSR count). The largest absolute Gasteiger partial charge is 0.375 e. The molecule has 1 unspecified atom stereocenters. The molecule has 1 atom stereocenters. The van der Waals surface area contributed by atoms with Crippen LogP contribution in [0.25, 0.3) is 0 Å². The predicted octanol–water partition coefficient (Wildman–Crippen LogP) is 1.01. The third-order valence-corrected chi connectivity index (χ3v) is 3.87. The maximum atomic E-state index is 12.2. The maximum Gasteiger partial charge on any atom is 0.223 e. The van der Waals surface area contributed by atoms with E-state index in [4.69, 9.17) is 4.74 Å². The maximum absolute atomic E-state index is 12.2. The summed E-state index contributed by atoms with van der Waals surface area (Å²) in [4.78, 5) is 14.2. The van der Waals surface area contributed by atoms with Gasteiger partial charge in [-0.2, -0.15) is 0 Å². The zero-order valence-electron chi connectivity index (χ0n) is 10.8. The highest BCUT2D eigenvalue weighted by Crippen LogP contribution is 2.18. The molecule has 1 amide bonds. The monoisotopic (exact) mass is 240 g/mol. The first kappa shape index (κ1) is 12.8. The van der Waals surface area contributed by atoms with Gasteiger partial charge in [0.2, 0.25) is 5.91 Å². The normalized spacial score (nSPS) is 27.1. The quantitative estimate of drug-likeness (QED) is 0.800. The first-order valence-electron chi connectivity index (χ1n) is 6.89. The van der Waals surface area contributed by atoms with Crippen molar-refractivity contribution in [1.29, 1.82) is 0 Å². The molecule has 1 N–H and O–H groups in total. The summed E-state index contributed by atoms with van der Waals surface area (Å²) in [6, 6.07) is 0. The molecule has 0 aromatic carbocycles. The second kappa shape index (κ2) is 6.36. The van der Waals surface area contributed by atoms with E-state index in [9.17, 15) is 4.79 Å². The van der Waals surface area contributed by atoms with E-state index in [2.05, 4.69) is 12.2 Å². The molecule has 4 nitrogen and oxygen atoms in total. The summed E-state index contributed by atoms with van der Waals surface area (Å²) in [7, 11) is 0. The summed E-state index contributed by atoms with van der Waals surface area (Å²) in [5, 5.41) is 3.34. The number of nitrogens with one attached hydrogen (secondary N) is 1. The molecule has 0 aromatic heterocycles. The Hall–Kier alpha value is -0.610. The van der Waals surface area contributed by atoms with Crippen molar-refractivity contribution in [3.05, 3.63) is 0 Å². The summed E-state index contributed by atoms with van der Waals surface area (Å²) in [6.45, 7) is 6.53. The minimum atomic E-state index is 0.251. The van der Waals surface area contributed by atoms with Gasteiger partial charge in [0.1, 0.15) is 0 Å². The van der Waals surface area contributed by atoms with Gasteiger partial charge in [-0.15, -0.1) is 0 Å². The lowest BCUT2D eigenvalue weighted by Gasteiger charge is -2.34. The van der Waals surface area contributed by atoms with E-state index in [1.165, 1.54) is 0 Å². The van der Waals surface area contributed by atoms with Crippen LogP contribution in [-0.4, -0.2) is 49.7 Å². The highest BCUT2D eigenvalue weighted by Gasteiger charge is 2.25. The number of rotatable bonds is 3. The number of amides is 1. The number of morpholine rings is 1. The standard InChI is InChI=1S/C13H24N2O2/c1-2-12-10-15(7-8-17-12)13(16)9-11-3-5-14-6-4-11/h11-12,14H,2-10H2,1H3. The number of piperidine rings is 1. The Balaban J connectivity index is 1.78. The number of hydrogen-bond acceptors (Lipinski definition) is 3. The van der Waals surface area contributed by atoms with Crippen LogP contribution >= 0.6 is 0 Å². The van der Waals surface area contributed by atoms with Gasteiger partial charge in [-0.05, 0) is 38.3 Å². The Labute approximate surface area is 104 Å². The summed E-state index contributed by atoms with van der Waals surface area (Å²) < 4.78 is 5.59. The Morgan fingerprint density at radius 2 is 2.18 bits per heavy atom. The third kappa shape index (κ3) is 3.68. The van der Waals surface area contributed by atoms with Gasteiger partial charge in [-0.3, -0.25) is 4.79 Å². The molecule has 2 aliphatic heterocycles. The topological polar surface area (TPSA) is 41.6 Å². The van der Waals surface area contributed by atoms with Crippen molar-refractivity contribution < 1.29 is 9.53 Å². The van der Waals surface area contributed by atoms with Gasteiger partial charge in [0.05, 0.1) is 12.7 Å². The first-order valence-corrected chi connectivity index (χ1v) is 6.89. The number of nitrogens with zero attached hydrogens (tertiary/aromatic N) is 1. The van der Waals surface area contributed by atoms with Crippen molar-refractivity contribution in [1.82, 2.24) is 10.2 Å². The van der Waals surface area contributed by atoms with Crippen molar-refractivity contribution in [2.24, 2.45) is 5.92 Å². The first-order chi connectivity index (χ1) is 8.29. The van der Waals surface area contributed by atoms with E-state index in [1.54, 1.807) is 0 Å². The second-order valence-electron chi connectivity index (χ2n) is 5.14. The van der Waals surface area contributed by atoms with Crippen LogP contribution in [0, 0.1) is 5.92 Å². The molecule has 0 aromatic rings. The fraction of sp³-hybridized carbons (Fsp3) is 0.923. The van der Waals surface area contributed by atoms with Gasteiger partial charge in [0.25, 0.3) is 0 Å². The summed E-state index contributed by atoms with van der Waals surface area (Å²) in [5.41, 5.74) is 0. The second-order valence-corrected chi connectivity index (χ2v) is 5.14. The molecule has 0 saturated carbocycles. The van der Waals surface area contributed by atoms with Crippen LogP contribution in [-0.2, 0) is 9.53 Å². The lowest BCUT2D eigenvalue weighted by atomic mass is 9.94. The number of carbonyl (C=O) groups excluding carboxylic acids is 1. The average molecular weight is 240 g/mol. The van der Waals surface area contributed by atoms with Crippen LogP contribution < -0.4 is 5.32 Å². The Bertz CT molecular complexity index is 252. The summed E-state index contributed by atoms with van der Waals surface area (Å²) >= 11 is 0. The Morgan fingerprint density at radius 3 is 2.88 bits per heavy atom. The van der Waals surface area contributed by atoms with E-state index in [1.807, 2.05) is 4.90 Å². The highest BCUT2D eigenvalue weighted by atomic mass is 16.5. The van der Waals surface area contributed by atoms with E-state index in [0.717, 1.165) is 51.9 Å². The minimum Gasteiger partial charge on any atom is -0.375 e. The zero-order chi connectivity index (χ0) is 12.1. The molecular formula is C13H24N2O2. The van der Waals surface area contributed by atoms with Crippen molar-refractivity contribution in [3.63, 3.8) is 0 Å². The molecule has 17 heavy (non-hydrogen) atoms. The van der Waals surface area contributed by atoms with Gasteiger partial charge in [-0.1, -0.05) is 6.92 Å². The van der Waals surface area contributed by atoms with E-state index >= 15 is 0 Å². The van der Waals surface area contributed by atoms with Crippen molar-refractivity contribution in [2.45, 2.75) is 38.7 Å². The van der Waals surface area contributed by atoms with Gasteiger partial charge in [-0.25, -0.2) is 0 Å². The SMILES string of the molecule is CCC1CN(C(=O)CC2CCNCC2)CCO1. The lowest BCUT2D eigenvalue weighted by Crippen LogP contribution is -2.46. The van der Waals surface area contributed by atoms with Crippen LogP contribution in [0.4, 0.5) is 0 Å². The molecule has 0 aliphatic carbocycles. The van der Waals surface area contributed by atoms with Crippen LogP contribution in [0.2, 0.25) is 0 Å². The van der Waals surface area contributed by atoms with Crippen LogP contribution in [0.15, 0.2) is 0 Å². The average Bonchev–Trinajstić information content (AvgIpc) is 2.40. The van der Waals surface area contributed by atoms with Crippen LogP contribution in [0.3, 0.4) is 0 Å². The lowest BCUT2D eigenvalue weighted by molar-refractivity contribution is -0.140. The van der Waals surface area contributed by atoms with E-state index in [-0.39, 0.29) is 6.10 Å². The summed E-state index contributed by atoms with van der Waals surface area (Å²) in [6.07, 6.45) is 4.27. The molecule has 4 heteroatoms. The minimum absolute atomic E-state index is 0.251. The fourth-order valence-electron chi connectivity index (χ4n) is 2.65. The molecule has 2 fully saturated rings. The molecule has 2 saturated heterocycles. The molecular weight excluding hydrogens is 216 g/mol. The number of hydrogen-bond donors (Lipinski definition) is 1. The van der Waals surface area contributed by atoms with Crippen molar-refractivity contribution >= 4 is 5.91 Å². The van der Waals surface area contributed by atoms with Gasteiger partial charge in [0.15, 0.2) is 0 Å². The van der Waals surface area contributed by atoms with E-state index in [0.29, 0.717) is 18.4 Å². The number of carbonyl (C=O) groups is 1. The van der Waals surface area contributed by atoms with Crippen LogP contribution in [0.1, 0.15) is 32.6 Å². The van der Waals surface area contributed by atoms with Gasteiger partial charge in [0, 0.05) is 19.5 Å². The Kier molecular flexibility index (Phi) is 4.80. The summed E-state index contributed by atoms with van der Waals surface area (Å²) in [5.74, 6) is 0.922. The molecule has 2 heterocycles. The van der Waals surface area contributed by atoms with E-state index < -0.39 is 0 Å². The van der Waals surface area contributed by atoms with Crippen LogP contribution in [0.5, 0.6) is 0 Å². The third-order valence-electron chi connectivity index (χ3n) is 3.87. The molecule has 0 bridgehead atoms. The fourth-order valence-corrected chi connectivity index (χ4v) is 2.65. The molecule has 98 valence electrons. The smallest absolute Gasteiger partial charge is 0.223 e. The molecule has 0 radical (unpaired) electrons. The van der Waals surface area contributed by atoms with Gasteiger partial charge < -0.3 is 15.0 Å². The predicted molar refractivity (Wildman–Crippen MR) is 66.8 cm³/mol. The Morgan fingerprint density at radius 1 is 1.41 bits per heavy atom.